The Kier molecular flexibility index (Phi) is 13.0. The van der Waals surface area contributed by atoms with Crippen LogP contribution in [0.2, 0.25) is 0 Å². The number of benzene rings is 4. The number of amides is 2. The van der Waals surface area contributed by atoms with E-state index < -0.39 is 12.4 Å². The number of ether oxygens (including phenoxy) is 2. The Morgan fingerprint density at radius 2 is 1.56 bits per heavy atom. The molecule has 4 atom stereocenters. The van der Waals surface area contributed by atoms with Crippen LogP contribution in [-0.4, -0.2) is 58.3 Å². The molecule has 50 heavy (non-hydrogen) atoms. The first-order valence-corrected chi connectivity index (χ1v) is 16.9. The molecule has 5 rings (SSSR count). The van der Waals surface area contributed by atoms with E-state index in [1.165, 1.54) is 0 Å². The summed E-state index contributed by atoms with van der Waals surface area (Å²) in [5, 5.41) is 35.8. The zero-order valence-corrected chi connectivity index (χ0v) is 28.2. The summed E-state index contributed by atoms with van der Waals surface area (Å²) in [6, 6.07) is 28.7. The van der Waals surface area contributed by atoms with Gasteiger partial charge in [0.25, 0.3) is 0 Å². The van der Waals surface area contributed by atoms with Crippen LogP contribution in [0.5, 0.6) is 5.75 Å². The number of nitrogens with zero attached hydrogens (tertiary/aromatic N) is 1. The van der Waals surface area contributed by atoms with Gasteiger partial charge < -0.3 is 46.1 Å². The van der Waals surface area contributed by atoms with Gasteiger partial charge in [-0.3, -0.25) is 9.59 Å². The minimum Gasteiger partial charge on any atom is -0.508 e. The minimum absolute atomic E-state index is 0.0444. The van der Waals surface area contributed by atoms with Gasteiger partial charge in [-0.15, -0.1) is 0 Å². The normalized spacial score (nSPS) is 18.0. The number of hydrogen-bond acceptors (Lipinski definition) is 9. The predicted molar refractivity (Wildman–Crippen MR) is 192 cm³/mol. The van der Waals surface area contributed by atoms with Crippen molar-refractivity contribution in [3.8, 4) is 5.75 Å². The highest BCUT2D eigenvalue weighted by Gasteiger charge is 2.33. The average molecular weight is 683 g/mol. The van der Waals surface area contributed by atoms with Crippen LogP contribution in [0.4, 0.5) is 17.1 Å². The van der Waals surface area contributed by atoms with Crippen molar-refractivity contribution < 1.29 is 34.4 Å². The number of nitrogens with one attached hydrogen (secondary N) is 2. The highest BCUT2D eigenvalue weighted by Crippen LogP contribution is 2.38. The number of hydrogen-bond donors (Lipinski definition) is 6. The van der Waals surface area contributed by atoms with Gasteiger partial charge in [0.2, 0.25) is 11.8 Å². The Labute approximate surface area is 292 Å². The van der Waals surface area contributed by atoms with Gasteiger partial charge >= 0.3 is 0 Å². The van der Waals surface area contributed by atoms with E-state index in [2.05, 4.69) is 10.6 Å². The van der Waals surface area contributed by atoms with E-state index in [9.17, 15) is 24.9 Å². The maximum atomic E-state index is 12.6. The van der Waals surface area contributed by atoms with Crippen molar-refractivity contribution in [3.05, 3.63) is 119 Å². The molecule has 0 spiro atoms. The summed E-state index contributed by atoms with van der Waals surface area (Å²) in [6.07, 6.45) is 0.310. The fourth-order valence-corrected chi connectivity index (χ4v) is 5.93. The lowest BCUT2D eigenvalue weighted by atomic mass is 9.99. The Morgan fingerprint density at radius 1 is 0.880 bits per heavy atom. The van der Waals surface area contributed by atoms with Gasteiger partial charge in [-0.1, -0.05) is 60.7 Å². The third-order valence-electron chi connectivity index (χ3n) is 8.63. The van der Waals surface area contributed by atoms with Gasteiger partial charge in [-0.2, -0.15) is 0 Å². The molecule has 7 N–H and O–H groups in total. The van der Waals surface area contributed by atoms with Crippen LogP contribution in [0, 0.1) is 0 Å². The molecule has 4 aromatic carbocycles. The van der Waals surface area contributed by atoms with Gasteiger partial charge in [-0.25, -0.2) is 0 Å². The highest BCUT2D eigenvalue weighted by molar-refractivity contribution is 5.94. The summed E-state index contributed by atoms with van der Waals surface area (Å²) in [7, 11) is 1.91. The molecule has 0 aromatic heterocycles. The third kappa shape index (κ3) is 10.6. The number of nitrogens with two attached hydrogens (primary N) is 1. The molecule has 0 saturated carbocycles. The van der Waals surface area contributed by atoms with Crippen LogP contribution in [-0.2, 0) is 25.7 Å². The van der Waals surface area contributed by atoms with Crippen molar-refractivity contribution in [1.29, 1.82) is 0 Å². The molecule has 264 valence electrons. The van der Waals surface area contributed by atoms with E-state index in [1.807, 2.05) is 60.5 Å². The molecule has 0 aliphatic carbocycles. The van der Waals surface area contributed by atoms with Crippen molar-refractivity contribution >= 4 is 28.9 Å². The fourth-order valence-electron chi connectivity index (χ4n) is 5.93. The number of phenols is 1. The summed E-state index contributed by atoms with van der Waals surface area (Å²) >= 11 is 0. The van der Waals surface area contributed by atoms with E-state index in [4.69, 9.17) is 15.2 Å². The average Bonchev–Trinajstić information content (AvgIpc) is 3.11. The quantitative estimate of drug-likeness (QED) is 0.0670. The van der Waals surface area contributed by atoms with Gasteiger partial charge in [0.15, 0.2) is 6.29 Å². The van der Waals surface area contributed by atoms with E-state index in [-0.39, 0.29) is 42.8 Å². The monoisotopic (exact) mass is 682 g/mol. The molecule has 4 aromatic rings. The zero-order valence-electron chi connectivity index (χ0n) is 28.2. The Hall–Kier alpha value is -4.78. The number of anilines is 3. The predicted octanol–water partition coefficient (Wildman–Crippen LogP) is 5.82. The lowest BCUT2D eigenvalue weighted by Gasteiger charge is -2.38. The summed E-state index contributed by atoms with van der Waals surface area (Å²) in [6.45, 7) is 0.823. The molecule has 0 unspecified atom stereocenters. The van der Waals surface area contributed by atoms with Gasteiger partial charge in [-0.05, 0) is 73.0 Å². The number of aromatic hydroxyl groups is 1. The van der Waals surface area contributed by atoms with Crippen LogP contribution in [0.3, 0.4) is 0 Å². The van der Waals surface area contributed by atoms with E-state index in [1.54, 1.807) is 48.5 Å². The molecule has 1 fully saturated rings. The minimum atomic E-state index is -0.786. The molecular formula is C39H46N4O7. The van der Waals surface area contributed by atoms with Crippen LogP contribution in [0.1, 0.15) is 72.9 Å². The first kappa shape index (κ1) is 36.5. The second kappa shape index (κ2) is 17.7. The van der Waals surface area contributed by atoms with Crippen molar-refractivity contribution in [2.75, 3.05) is 36.5 Å². The van der Waals surface area contributed by atoms with Crippen LogP contribution in [0.25, 0.3) is 0 Å². The fraction of sp³-hybridized carbons (Fsp3) is 0.333. The largest absolute Gasteiger partial charge is 0.508 e. The molecule has 1 heterocycles. The van der Waals surface area contributed by atoms with Crippen LogP contribution in [0.15, 0.2) is 97.1 Å². The Balaban J connectivity index is 1.15. The van der Waals surface area contributed by atoms with Crippen molar-refractivity contribution in [3.63, 3.8) is 0 Å². The maximum Gasteiger partial charge on any atom is 0.224 e. The van der Waals surface area contributed by atoms with E-state index >= 15 is 0 Å². The number of carbonyl (C=O) groups excluding carboxylic acids is 2. The highest BCUT2D eigenvalue weighted by atomic mass is 16.7. The Morgan fingerprint density at radius 3 is 2.24 bits per heavy atom. The number of aliphatic hydroxyl groups is 2. The Bertz CT molecular complexity index is 1700. The number of para-hydroxylation sites is 2. The molecule has 2 amide bonds. The first-order valence-electron chi connectivity index (χ1n) is 16.9. The first-order chi connectivity index (χ1) is 24.2. The molecule has 1 saturated heterocycles. The van der Waals surface area contributed by atoms with E-state index in [0.29, 0.717) is 61.4 Å². The number of nitrogen functional groups attached to an aromatic ring is 1. The summed E-state index contributed by atoms with van der Waals surface area (Å²) in [5.41, 5.74) is 10.8. The standard InChI is InChI=1S/C39H46N4O7/c1-43(24-35(46)29-7-6-8-31(45)21-29)23-32-22-36(27-15-13-26(25-44)14-16-27)50-39(49-32)28-17-19-30(20-18-28)41-37(47)11-4-5-12-38(48)42-34-10-3-2-9-33(34)40/h2-3,6-10,13-21,32,35-36,39,44-46H,4-5,11-12,22-25,40H2,1H3,(H,41,47)(H,42,48)/t32-,35+,36+,39+/m0/s1. The number of phenolic OH excluding ortho intramolecular Hbond substituents is 1. The molecule has 1 aliphatic heterocycles. The summed E-state index contributed by atoms with van der Waals surface area (Å²) < 4.78 is 12.9. The molecule has 0 bridgehead atoms. The van der Waals surface area contributed by atoms with Crippen LogP contribution < -0.4 is 16.4 Å². The lowest BCUT2D eigenvalue weighted by Crippen LogP contribution is -2.39. The molecule has 1 aliphatic rings. The molecular weight excluding hydrogens is 636 g/mol. The molecule has 0 radical (unpaired) electrons. The maximum absolute atomic E-state index is 12.6. The zero-order chi connectivity index (χ0) is 35.5. The van der Waals surface area contributed by atoms with E-state index in [0.717, 1.165) is 16.7 Å². The topological polar surface area (TPSA) is 167 Å². The SMILES string of the molecule is CN(C[C@@H]1C[C@H](c2ccc(CO)cc2)O[C@H](c2ccc(NC(=O)CCCCC(=O)Nc3ccccc3N)cc2)O1)C[C@@H](O)c1cccc(O)c1. The van der Waals surface area contributed by atoms with Crippen molar-refractivity contribution in [1.82, 2.24) is 4.90 Å². The van der Waals surface area contributed by atoms with Crippen LogP contribution >= 0.6 is 0 Å². The number of carbonyl (C=O) groups is 2. The third-order valence-corrected chi connectivity index (χ3v) is 8.63. The molecule has 11 heteroatoms. The smallest absolute Gasteiger partial charge is 0.224 e. The van der Waals surface area contributed by atoms with Gasteiger partial charge in [0.1, 0.15) is 5.75 Å². The van der Waals surface area contributed by atoms with Gasteiger partial charge in [0.05, 0.1) is 36.3 Å². The number of likely N-dealkylation sites (N-methyl/N-ethyl adjacent to an activating group) is 1. The summed E-state index contributed by atoms with van der Waals surface area (Å²) in [5.74, 6) is -0.180. The van der Waals surface area contributed by atoms with Crippen molar-refractivity contribution in [2.24, 2.45) is 0 Å². The lowest BCUT2D eigenvalue weighted by molar-refractivity contribution is -0.252. The number of rotatable bonds is 15. The second-order valence-electron chi connectivity index (χ2n) is 12.7. The second-order valence-corrected chi connectivity index (χ2v) is 12.7. The number of aliphatic hydroxyl groups excluding tert-OH is 2. The molecule has 11 nitrogen and oxygen atoms in total. The summed E-state index contributed by atoms with van der Waals surface area (Å²) in [4.78, 5) is 26.9. The van der Waals surface area contributed by atoms with Crippen molar-refractivity contribution in [2.45, 2.75) is 63.3 Å². The number of unbranched alkanes of at least 4 members (excludes halogenated alkanes) is 1. The van der Waals surface area contributed by atoms with Gasteiger partial charge in [0, 0.05) is 43.6 Å².